The van der Waals surface area contributed by atoms with Crippen LogP contribution < -0.4 is 14.2 Å². The van der Waals surface area contributed by atoms with Crippen molar-refractivity contribution >= 4 is 17.7 Å². The number of halogens is 1. The summed E-state index contributed by atoms with van der Waals surface area (Å²) < 4.78 is 36.1. The fraction of sp³-hybridized carbons (Fsp3) is 0.375. The van der Waals surface area contributed by atoms with Crippen LogP contribution in [0.15, 0.2) is 66.9 Å². The average molecular weight is 566 g/mol. The van der Waals surface area contributed by atoms with Gasteiger partial charge in [-0.05, 0) is 49.6 Å². The first-order chi connectivity index (χ1) is 19.6. The number of aromatic nitrogens is 1. The molecule has 0 aliphatic rings. The van der Waals surface area contributed by atoms with Crippen LogP contribution in [0.25, 0.3) is 0 Å². The van der Waals surface area contributed by atoms with E-state index in [9.17, 15) is 18.8 Å². The van der Waals surface area contributed by atoms with E-state index in [2.05, 4.69) is 4.98 Å². The number of Topliss-reactive ketones (excluding diaryl/α,β-unsaturated/α-hetero) is 1. The number of ketones is 1. The lowest BCUT2D eigenvalue weighted by molar-refractivity contribution is -0.158. The maximum absolute atomic E-state index is 13.5. The van der Waals surface area contributed by atoms with Crippen LogP contribution in [-0.2, 0) is 20.7 Å². The largest absolute Gasteiger partial charge is 0.493 e. The topological polar surface area (TPSA) is 101 Å². The van der Waals surface area contributed by atoms with Gasteiger partial charge < -0.3 is 18.9 Å². The zero-order chi connectivity index (χ0) is 29.9. The molecule has 0 unspecified atom stereocenters. The quantitative estimate of drug-likeness (QED) is 0.173. The lowest BCUT2D eigenvalue weighted by Crippen LogP contribution is -2.41. The van der Waals surface area contributed by atoms with E-state index < -0.39 is 35.8 Å². The Kier molecular flexibility index (Phi) is 11.4. The molecule has 0 N–H and O–H groups in total. The summed E-state index contributed by atoms with van der Waals surface area (Å²) in [6, 6.07) is 17.0. The van der Waals surface area contributed by atoms with Crippen molar-refractivity contribution in [3.63, 3.8) is 0 Å². The van der Waals surface area contributed by atoms with Gasteiger partial charge in [-0.25, -0.2) is 9.37 Å². The maximum atomic E-state index is 13.5. The number of ether oxygens (including phenoxy) is 4. The fourth-order valence-corrected chi connectivity index (χ4v) is 4.50. The Morgan fingerprint density at radius 1 is 0.976 bits per heavy atom. The van der Waals surface area contributed by atoms with Gasteiger partial charge in [0, 0.05) is 31.5 Å². The molecule has 1 aromatic heterocycles. The van der Waals surface area contributed by atoms with Gasteiger partial charge in [-0.15, -0.1) is 0 Å². The molecule has 41 heavy (non-hydrogen) atoms. The van der Waals surface area contributed by atoms with E-state index in [0.29, 0.717) is 18.6 Å². The van der Waals surface area contributed by atoms with Crippen LogP contribution >= 0.6 is 0 Å². The fourth-order valence-electron chi connectivity index (χ4n) is 4.50. The van der Waals surface area contributed by atoms with Gasteiger partial charge in [0.1, 0.15) is 23.8 Å². The second-order valence-electron chi connectivity index (χ2n) is 9.85. The summed E-state index contributed by atoms with van der Waals surface area (Å²) in [5.74, 6) is -2.21. The van der Waals surface area contributed by atoms with Gasteiger partial charge in [0.2, 0.25) is 5.75 Å². The Balaban J connectivity index is 1.76. The van der Waals surface area contributed by atoms with E-state index in [4.69, 9.17) is 18.9 Å². The highest BCUT2D eigenvalue weighted by Crippen LogP contribution is 2.31. The lowest BCUT2D eigenvalue weighted by Gasteiger charge is -2.32. The molecule has 3 aromatic rings. The number of hydrogen-bond acceptors (Lipinski definition) is 8. The van der Waals surface area contributed by atoms with Gasteiger partial charge in [0.05, 0.1) is 13.0 Å². The number of carbonyl (C=O) groups is 3. The number of pyridine rings is 1. The van der Waals surface area contributed by atoms with Crippen molar-refractivity contribution in [2.45, 2.75) is 59.2 Å². The highest BCUT2D eigenvalue weighted by molar-refractivity contribution is 5.99. The van der Waals surface area contributed by atoms with Crippen LogP contribution in [0.2, 0.25) is 0 Å². The number of methoxy groups -OCH3 is 1. The highest BCUT2D eigenvalue weighted by atomic mass is 19.1. The summed E-state index contributed by atoms with van der Waals surface area (Å²) in [5.41, 5.74) is 0.828. The first-order valence-corrected chi connectivity index (χ1v) is 13.5. The summed E-state index contributed by atoms with van der Waals surface area (Å²) in [6.07, 6.45) is 1.25. The Bertz CT molecular complexity index is 1310. The third-order valence-electron chi connectivity index (χ3n) is 6.67. The minimum atomic E-state index is -0.822. The van der Waals surface area contributed by atoms with Gasteiger partial charge in [0.25, 0.3) is 0 Å². The number of rotatable bonds is 14. The molecule has 0 radical (unpaired) electrons. The predicted octanol–water partition coefficient (Wildman–Crippen LogP) is 6.01. The van der Waals surface area contributed by atoms with Gasteiger partial charge in [-0.3, -0.25) is 14.4 Å². The Morgan fingerprint density at radius 3 is 2.27 bits per heavy atom. The van der Waals surface area contributed by atoms with Crippen molar-refractivity contribution in [3.8, 4) is 17.2 Å². The number of carbonyl (C=O) groups excluding carboxylic acids is 3. The molecule has 218 valence electrons. The summed E-state index contributed by atoms with van der Waals surface area (Å²) >= 11 is 0. The van der Waals surface area contributed by atoms with Crippen LogP contribution in [0.4, 0.5) is 4.39 Å². The second kappa shape index (κ2) is 14.9. The molecule has 9 heteroatoms. The standard InChI is InChI=1S/C32H36FNO7/c1-6-24(19-23-12-14-25(33)15-13-23)30(41-26-10-8-7-9-11-26)21(3)39-32(37)20(2)18-27(36)29-31(40-22(4)35)28(38-5)16-17-34-29/h7-17,20-21,24,30H,6,18-19H2,1-5H3/t20-,21+,24-,30+/m1/s1. The number of esters is 2. The minimum absolute atomic E-state index is 0.0623. The molecule has 3 rings (SSSR count). The summed E-state index contributed by atoms with van der Waals surface area (Å²) in [6.45, 7) is 6.57. The Morgan fingerprint density at radius 2 is 1.66 bits per heavy atom. The molecule has 0 aliphatic heterocycles. The van der Waals surface area contributed by atoms with Crippen molar-refractivity contribution in [3.05, 3.63) is 83.9 Å². The third-order valence-corrected chi connectivity index (χ3v) is 6.67. The number of hydrogen-bond donors (Lipinski definition) is 0. The summed E-state index contributed by atoms with van der Waals surface area (Å²) in [5, 5.41) is 0. The molecule has 2 aromatic carbocycles. The highest BCUT2D eigenvalue weighted by Gasteiger charge is 2.33. The van der Waals surface area contributed by atoms with Crippen LogP contribution in [0.5, 0.6) is 17.2 Å². The molecule has 4 atom stereocenters. The zero-order valence-electron chi connectivity index (χ0n) is 24.0. The zero-order valence-corrected chi connectivity index (χ0v) is 24.0. The van der Waals surface area contributed by atoms with Crippen molar-refractivity contribution in [1.29, 1.82) is 0 Å². The molecule has 0 bridgehead atoms. The van der Waals surface area contributed by atoms with Gasteiger partial charge in [-0.2, -0.15) is 0 Å². The number of para-hydroxylation sites is 1. The molecule has 0 saturated heterocycles. The molecule has 0 spiro atoms. The van der Waals surface area contributed by atoms with Crippen LogP contribution in [0.3, 0.4) is 0 Å². The van der Waals surface area contributed by atoms with E-state index in [1.807, 2.05) is 37.3 Å². The van der Waals surface area contributed by atoms with Crippen molar-refractivity contribution in [2.75, 3.05) is 7.11 Å². The lowest BCUT2D eigenvalue weighted by atomic mass is 9.89. The van der Waals surface area contributed by atoms with Gasteiger partial charge in [0.15, 0.2) is 17.2 Å². The van der Waals surface area contributed by atoms with E-state index in [1.165, 1.54) is 38.4 Å². The van der Waals surface area contributed by atoms with E-state index >= 15 is 0 Å². The average Bonchev–Trinajstić information content (AvgIpc) is 2.96. The number of nitrogens with zero attached hydrogens (tertiary/aromatic N) is 1. The van der Waals surface area contributed by atoms with E-state index in [-0.39, 0.29) is 35.3 Å². The smallest absolute Gasteiger partial charge is 0.309 e. The molecule has 0 saturated carbocycles. The Labute approximate surface area is 239 Å². The minimum Gasteiger partial charge on any atom is -0.493 e. The third kappa shape index (κ3) is 8.86. The van der Waals surface area contributed by atoms with Crippen molar-refractivity contribution in [1.82, 2.24) is 4.98 Å². The molecule has 8 nitrogen and oxygen atoms in total. The summed E-state index contributed by atoms with van der Waals surface area (Å²) in [7, 11) is 1.38. The van der Waals surface area contributed by atoms with Crippen LogP contribution in [0.1, 0.15) is 56.6 Å². The van der Waals surface area contributed by atoms with Crippen molar-refractivity contribution in [2.24, 2.45) is 11.8 Å². The van der Waals surface area contributed by atoms with E-state index in [0.717, 1.165) is 5.56 Å². The molecule has 0 amide bonds. The second-order valence-corrected chi connectivity index (χ2v) is 9.85. The first-order valence-electron chi connectivity index (χ1n) is 13.5. The first kappa shape index (κ1) is 31.3. The maximum Gasteiger partial charge on any atom is 0.309 e. The van der Waals surface area contributed by atoms with Gasteiger partial charge >= 0.3 is 11.9 Å². The normalized spacial score (nSPS) is 13.8. The predicted molar refractivity (Wildman–Crippen MR) is 151 cm³/mol. The molecule has 0 aliphatic carbocycles. The Hall–Kier alpha value is -4.27. The van der Waals surface area contributed by atoms with Gasteiger partial charge in [-0.1, -0.05) is 44.2 Å². The molecular formula is C32H36FNO7. The van der Waals surface area contributed by atoms with Crippen LogP contribution in [-0.4, -0.2) is 42.0 Å². The van der Waals surface area contributed by atoms with Crippen LogP contribution in [0, 0.1) is 17.7 Å². The molecule has 0 fully saturated rings. The monoisotopic (exact) mass is 565 g/mol. The molecule has 1 heterocycles. The molecular weight excluding hydrogens is 529 g/mol. The number of benzene rings is 2. The SMILES string of the molecule is CC[C@H](Cc1ccc(F)cc1)[C@@H](Oc1ccccc1)[C@H](C)OC(=O)[C@H](C)CC(=O)c1nccc(OC)c1OC(C)=O. The van der Waals surface area contributed by atoms with E-state index in [1.54, 1.807) is 26.0 Å². The summed E-state index contributed by atoms with van der Waals surface area (Å²) in [4.78, 5) is 41.9. The van der Waals surface area contributed by atoms with Crippen molar-refractivity contribution < 1.29 is 37.7 Å².